The third-order valence-corrected chi connectivity index (χ3v) is 4.70. The molecule has 1 fully saturated rings. The van der Waals surface area contributed by atoms with Gasteiger partial charge in [0.05, 0.1) is 12.2 Å². The monoisotopic (exact) mass is 276 g/mol. The molecule has 0 amide bonds. The summed E-state index contributed by atoms with van der Waals surface area (Å²) >= 11 is 5.04. The van der Waals surface area contributed by atoms with Crippen LogP contribution in [0.1, 0.15) is 24.3 Å². The van der Waals surface area contributed by atoms with E-state index in [2.05, 4.69) is 15.9 Å². The van der Waals surface area contributed by atoms with Crippen LogP contribution in [-0.2, 0) is 4.74 Å². The summed E-state index contributed by atoms with van der Waals surface area (Å²) in [4.78, 5) is 1.02. The van der Waals surface area contributed by atoms with E-state index in [0.717, 1.165) is 22.4 Å². The average Bonchev–Trinajstić information content (AvgIpc) is 2.73. The molecule has 3 atom stereocenters. The van der Waals surface area contributed by atoms with Crippen LogP contribution in [0.15, 0.2) is 15.9 Å². The minimum absolute atomic E-state index is 0.166. The van der Waals surface area contributed by atoms with E-state index in [0.29, 0.717) is 0 Å². The van der Waals surface area contributed by atoms with Crippen LogP contribution in [0.25, 0.3) is 0 Å². The standard InChI is InChI=1S/C10H13BrO2S/c1-6-7(2-4-13-6)9(12)10-8(11)3-5-14-10/h3,5-7,9,12H,2,4H2,1H3. The quantitative estimate of drug-likeness (QED) is 0.900. The predicted molar refractivity (Wildman–Crippen MR) is 60.5 cm³/mol. The molecule has 0 bridgehead atoms. The fourth-order valence-corrected chi connectivity index (χ4v) is 3.54. The Kier molecular flexibility index (Phi) is 3.27. The van der Waals surface area contributed by atoms with Gasteiger partial charge in [0.1, 0.15) is 0 Å². The van der Waals surface area contributed by atoms with Gasteiger partial charge < -0.3 is 9.84 Å². The van der Waals surface area contributed by atoms with Gasteiger partial charge in [-0.25, -0.2) is 0 Å². The first-order valence-corrected chi connectivity index (χ1v) is 6.40. The van der Waals surface area contributed by atoms with Gasteiger partial charge in [-0.1, -0.05) is 0 Å². The summed E-state index contributed by atoms with van der Waals surface area (Å²) in [5.74, 6) is 0.241. The summed E-state index contributed by atoms with van der Waals surface area (Å²) in [7, 11) is 0. The third kappa shape index (κ3) is 1.89. The van der Waals surface area contributed by atoms with Crippen LogP contribution >= 0.6 is 27.3 Å². The Morgan fingerprint density at radius 1 is 1.71 bits per heavy atom. The molecule has 1 aliphatic rings. The van der Waals surface area contributed by atoms with Crippen molar-refractivity contribution in [2.45, 2.75) is 25.6 Å². The van der Waals surface area contributed by atoms with Crippen molar-refractivity contribution < 1.29 is 9.84 Å². The number of hydrogen-bond donors (Lipinski definition) is 1. The number of aliphatic hydroxyl groups excluding tert-OH is 1. The van der Waals surface area contributed by atoms with Crippen molar-refractivity contribution >= 4 is 27.3 Å². The van der Waals surface area contributed by atoms with Crippen molar-refractivity contribution in [1.29, 1.82) is 0 Å². The predicted octanol–water partition coefficient (Wildman–Crippen LogP) is 2.97. The van der Waals surface area contributed by atoms with Crippen molar-refractivity contribution in [2.75, 3.05) is 6.61 Å². The van der Waals surface area contributed by atoms with Crippen molar-refractivity contribution in [3.63, 3.8) is 0 Å². The molecule has 2 heterocycles. The van der Waals surface area contributed by atoms with Gasteiger partial charge in [0.25, 0.3) is 0 Å². The molecule has 78 valence electrons. The highest BCUT2D eigenvalue weighted by atomic mass is 79.9. The van der Waals surface area contributed by atoms with Gasteiger partial charge in [-0.05, 0) is 40.7 Å². The lowest BCUT2D eigenvalue weighted by atomic mass is 9.95. The van der Waals surface area contributed by atoms with Crippen molar-refractivity contribution in [1.82, 2.24) is 0 Å². The topological polar surface area (TPSA) is 29.5 Å². The fraction of sp³-hybridized carbons (Fsp3) is 0.600. The van der Waals surface area contributed by atoms with Gasteiger partial charge in [0, 0.05) is 21.9 Å². The molecule has 1 aromatic heterocycles. The van der Waals surface area contributed by atoms with Crippen molar-refractivity contribution in [2.24, 2.45) is 5.92 Å². The largest absolute Gasteiger partial charge is 0.387 e. The Hall–Kier alpha value is 0.100. The van der Waals surface area contributed by atoms with Gasteiger partial charge >= 0.3 is 0 Å². The molecule has 0 aliphatic carbocycles. The SMILES string of the molecule is CC1OCCC1C(O)c1sccc1Br. The second kappa shape index (κ2) is 4.31. The second-order valence-electron chi connectivity index (χ2n) is 3.61. The molecule has 1 N–H and O–H groups in total. The minimum Gasteiger partial charge on any atom is -0.387 e. The maximum atomic E-state index is 10.2. The van der Waals surface area contributed by atoms with Gasteiger partial charge in [0.15, 0.2) is 0 Å². The maximum Gasteiger partial charge on any atom is 0.0946 e. The van der Waals surface area contributed by atoms with E-state index in [-0.39, 0.29) is 18.1 Å². The first kappa shape index (κ1) is 10.6. The molecule has 3 unspecified atom stereocenters. The van der Waals surface area contributed by atoms with E-state index < -0.39 is 0 Å². The average molecular weight is 277 g/mol. The summed E-state index contributed by atoms with van der Waals surface area (Å²) in [6.07, 6.45) is 0.730. The smallest absolute Gasteiger partial charge is 0.0946 e. The molecule has 0 radical (unpaired) electrons. The van der Waals surface area contributed by atoms with E-state index in [4.69, 9.17) is 4.74 Å². The van der Waals surface area contributed by atoms with Crippen LogP contribution < -0.4 is 0 Å². The molecule has 4 heteroatoms. The Bertz CT molecular complexity index is 313. The van der Waals surface area contributed by atoms with Crippen LogP contribution in [0.3, 0.4) is 0 Å². The molecular formula is C10H13BrO2S. The van der Waals surface area contributed by atoms with E-state index in [1.54, 1.807) is 11.3 Å². The number of ether oxygens (including phenoxy) is 1. The van der Waals surface area contributed by atoms with Crippen LogP contribution in [0, 0.1) is 5.92 Å². The summed E-state index contributed by atoms with van der Waals surface area (Å²) in [5.41, 5.74) is 0. The molecule has 1 saturated heterocycles. The second-order valence-corrected chi connectivity index (χ2v) is 5.41. The van der Waals surface area contributed by atoms with Crippen molar-refractivity contribution in [3.8, 4) is 0 Å². The zero-order valence-corrected chi connectivity index (χ0v) is 10.3. The van der Waals surface area contributed by atoms with Gasteiger partial charge in [-0.3, -0.25) is 0 Å². The summed E-state index contributed by atoms with van der Waals surface area (Å²) in [6.45, 7) is 2.80. The first-order valence-electron chi connectivity index (χ1n) is 4.72. The number of rotatable bonds is 2. The van der Waals surface area contributed by atoms with E-state index in [1.165, 1.54) is 0 Å². The number of halogens is 1. The van der Waals surface area contributed by atoms with Crippen LogP contribution in [-0.4, -0.2) is 17.8 Å². The zero-order valence-electron chi connectivity index (χ0n) is 7.94. The summed E-state index contributed by atoms with van der Waals surface area (Å²) < 4.78 is 6.46. The van der Waals surface area contributed by atoms with Gasteiger partial charge in [0.2, 0.25) is 0 Å². The van der Waals surface area contributed by atoms with Gasteiger partial charge in [-0.15, -0.1) is 11.3 Å². The van der Waals surface area contributed by atoms with E-state index in [9.17, 15) is 5.11 Å². The molecule has 2 nitrogen and oxygen atoms in total. The lowest BCUT2D eigenvalue weighted by Crippen LogP contribution is -2.19. The molecule has 2 rings (SSSR count). The molecule has 1 aromatic rings. The van der Waals surface area contributed by atoms with E-state index in [1.807, 2.05) is 18.4 Å². The summed E-state index contributed by atoms with van der Waals surface area (Å²) in [5, 5.41) is 12.2. The Morgan fingerprint density at radius 2 is 2.50 bits per heavy atom. The normalized spacial score (nSPS) is 29.4. The molecule has 1 aliphatic heterocycles. The van der Waals surface area contributed by atoms with E-state index >= 15 is 0 Å². The molecule has 0 saturated carbocycles. The van der Waals surface area contributed by atoms with Crippen LogP contribution in [0.4, 0.5) is 0 Å². The lowest BCUT2D eigenvalue weighted by molar-refractivity contribution is 0.0445. The van der Waals surface area contributed by atoms with Crippen molar-refractivity contribution in [3.05, 3.63) is 20.8 Å². The molecule has 0 spiro atoms. The summed E-state index contributed by atoms with van der Waals surface area (Å²) in [6, 6.07) is 1.98. The third-order valence-electron chi connectivity index (χ3n) is 2.75. The Labute approximate surface area is 96.0 Å². The highest BCUT2D eigenvalue weighted by Gasteiger charge is 2.32. The Morgan fingerprint density at radius 3 is 3.00 bits per heavy atom. The fourth-order valence-electron chi connectivity index (χ4n) is 1.87. The molecular weight excluding hydrogens is 264 g/mol. The molecule has 0 aromatic carbocycles. The minimum atomic E-state index is -0.387. The first-order chi connectivity index (χ1) is 6.70. The number of aliphatic hydroxyl groups is 1. The van der Waals surface area contributed by atoms with Gasteiger partial charge in [-0.2, -0.15) is 0 Å². The highest BCUT2D eigenvalue weighted by molar-refractivity contribution is 9.10. The zero-order chi connectivity index (χ0) is 10.1. The molecule has 14 heavy (non-hydrogen) atoms. The highest BCUT2D eigenvalue weighted by Crippen LogP contribution is 2.38. The lowest BCUT2D eigenvalue weighted by Gasteiger charge is -2.20. The number of thiophene rings is 1. The number of hydrogen-bond acceptors (Lipinski definition) is 3. The van der Waals surface area contributed by atoms with Crippen LogP contribution in [0.5, 0.6) is 0 Å². The maximum absolute atomic E-state index is 10.2. The Balaban J connectivity index is 2.15. The van der Waals surface area contributed by atoms with Crippen LogP contribution in [0.2, 0.25) is 0 Å².